The van der Waals surface area contributed by atoms with Gasteiger partial charge in [0.2, 0.25) is 5.91 Å². The van der Waals surface area contributed by atoms with Crippen LogP contribution in [0.25, 0.3) is 0 Å². The Bertz CT molecular complexity index is 1270. The quantitative estimate of drug-likeness (QED) is 0.373. The summed E-state index contributed by atoms with van der Waals surface area (Å²) in [6, 6.07) is 7.37. The van der Waals surface area contributed by atoms with E-state index in [-0.39, 0.29) is 35.1 Å². The summed E-state index contributed by atoms with van der Waals surface area (Å²) in [5, 5.41) is 5.44. The number of carbonyl (C=O) groups is 5. The summed E-state index contributed by atoms with van der Waals surface area (Å²) in [6.07, 6.45) is 0. The number of hydrogen-bond donors (Lipinski definition) is 2. The highest BCUT2D eigenvalue weighted by molar-refractivity contribution is 7.18. The summed E-state index contributed by atoms with van der Waals surface area (Å²) in [5.74, 6) is -2.16. The molecule has 196 valence electrons. The summed E-state index contributed by atoms with van der Waals surface area (Å²) in [4.78, 5) is 65.3. The maximum Gasteiger partial charge on any atom is 0.341 e. The highest BCUT2D eigenvalue weighted by Gasteiger charge is 2.39. The number of amides is 3. The first kappa shape index (κ1) is 27.6. The van der Waals surface area contributed by atoms with Crippen LogP contribution in [0.2, 0.25) is 0 Å². The SMILES string of the molecule is CCOC(=O)C1=C(C)NC(=O)N(CC(=O)Nc2sc(C(C)=O)c(C)c2C(=O)OCC)C1c1ccccc1. The fourth-order valence-electron chi connectivity index (χ4n) is 4.10. The third-order valence-corrected chi connectivity index (χ3v) is 6.98. The number of allylic oxidation sites excluding steroid dienone is 1. The number of nitrogens with zero attached hydrogens (tertiary/aromatic N) is 1. The second-order valence-electron chi connectivity index (χ2n) is 8.22. The number of thiophene rings is 1. The van der Waals surface area contributed by atoms with Gasteiger partial charge in [0, 0.05) is 5.70 Å². The van der Waals surface area contributed by atoms with Crippen molar-refractivity contribution in [1.82, 2.24) is 10.2 Å². The third-order valence-electron chi connectivity index (χ3n) is 5.67. The van der Waals surface area contributed by atoms with E-state index in [0.29, 0.717) is 21.7 Å². The fourth-order valence-corrected chi connectivity index (χ4v) is 5.21. The van der Waals surface area contributed by atoms with Crippen molar-refractivity contribution in [3.05, 3.63) is 63.2 Å². The molecule has 3 amide bonds. The van der Waals surface area contributed by atoms with E-state index < -0.39 is 36.5 Å². The predicted molar refractivity (Wildman–Crippen MR) is 137 cm³/mol. The van der Waals surface area contributed by atoms with Gasteiger partial charge in [-0.25, -0.2) is 14.4 Å². The minimum atomic E-state index is -0.887. The topological polar surface area (TPSA) is 131 Å². The van der Waals surface area contributed by atoms with Crippen molar-refractivity contribution in [1.29, 1.82) is 0 Å². The van der Waals surface area contributed by atoms with Crippen molar-refractivity contribution in [3.63, 3.8) is 0 Å². The zero-order chi connectivity index (χ0) is 27.3. The van der Waals surface area contributed by atoms with Crippen LogP contribution in [-0.2, 0) is 19.1 Å². The molecule has 1 aromatic heterocycles. The van der Waals surface area contributed by atoms with Crippen molar-refractivity contribution < 1.29 is 33.4 Å². The fraction of sp³-hybridized carbons (Fsp3) is 0.346. The number of hydrogen-bond acceptors (Lipinski definition) is 8. The van der Waals surface area contributed by atoms with Gasteiger partial charge in [0.25, 0.3) is 0 Å². The molecule has 2 aromatic rings. The Morgan fingerprint density at radius 1 is 1.03 bits per heavy atom. The van der Waals surface area contributed by atoms with E-state index in [1.807, 2.05) is 0 Å². The van der Waals surface area contributed by atoms with E-state index in [1.54, 1.807) is 58.0 Å². The molecule has 0 radical (unpaired) electrons. The van der Waals surface area contributed by atoms with Gasteiger partial charge in [-0.2, -0.15) is 0 Å². The second-order valence-corrected chi connectivity index (χ2v) is 9.24. The van der Waals surface area contributed by atoms with Gasteiger partial charge in [-0.15, -0.1) is 11.3 Å². The monoisotopic (exact) mass is 527 g/mol. The zero-order valence-electron chi connectivity index (χ0n) is 21.3. The first-order chi connectivity index (χ1) is 17.6. The van der Waals surface area contributed by atoms with Crippen molar-refractivity contribution in [3.8, 4) is 0 Å². The summed E-state index contributed by atoms with van der Waals surface area (Å²) in [7, 11) is 0. The van der Waals surface area contributed by atoms with Gasteiger partial charge in [-0.1, -0.05) is 30.3 Å². The minimum Gasteiger partial charge on any atom is -0.463 e. The van der Waals surface area contributed by atoms with Crippen LogP contribution in [0.1, 0.15) is 64.9 Å². The molecule has 1 unspecified atom stereocenters. The van der Waals surface area contributed by atoms with Crippen LogP contribution in [0, 0.1) is 6.92 Å². The molecule has 0 saturated carbocycles. The molecule has 0 spiro atoms. The first-order valence-electron chi connectivity index (χ1n) is 11.7. The number of carbonyl (C=O) groups excluding carboxylic acids is 5. The van der Waals surface area contributed by atoms with Gasteiger partial charge in [0.05, 0.1) is 35.3 Å². The molecule has 10 nitrogen and oxygen atoms in total. The molecule has 0 fully saturated rings. The average Bonchev–Trinajstić information content (AvgIpc) is 3.17. The van der Waals surface area contributed by atoms with Gasteiger partial charge < -0.3 is 25.0 Å². The molecule has 2 heterocycles. The van der Waals surface area contributed by atoms with Gasteiger partial charge in [0.15, 0.2) is 5.78 Å². The molecule has 1 aliphatic rings. The normalized spacial score (nSPS) is 15.2. The van der Waals surface area contributed by atoms with E-state index in [0.717, 1.165) is 11.3 Å². The predicted octanol–water partition coefficient (Wildman–Crippen LogP) is 3.98. The molecule has 0 bridgehead atoms. The second kappa shape index (κ2) is 11.8. The average molecular weight is 528 g/mol. The van der Waals surface area contributed by atoms with Gasteiger partial charge in [-0.3, -0.25) is 9.59 Å². The van der Waals surface area contributed by atoms with Crippen molar-refractivity contribution in [2.24, 2.45) is 0 Å². The number of ether oxygens (including phenoxy) is 2. The number of benzene rings is 1. The number of esters is 2. The Morgan fingerprint density at radius 3 is 2.24 bits per heavy atom. The van der Waals surface area contributed by atoms with E-state index >= 15 is 0 Å². The number of Topliss-reactive ketones (excluding diaryl/α,β-unsaturated/α-hetero) is 1. The molecule has 37 heavy (non-hydrogen) atoms. The minimum absolute atomic E-state index is 0.0936. The van der Waals surface area contributed by atoms with Crippen LogP contribution < -0.4 is 10.6 Å². The lowest BCUT2D eigenvalue weighted by atomic mass is 9.94. The zero-order valence-corrected chi connectivity index (χ0v) is 22.1. The lowest BCUT2D eigenvalue weighted by Gasteiger charge is -2.37. The smallest absolute Gasteiger partial charge is 0.341 e. The lowest BCUT2D eigenvalue weighted by Crippen LogP contribution is -2.51. The highest BCUT2D eigenvalue weighted by atomic mass is 32.1. The Balaban J connectivity index is 1.98. The third kappa shape index (κ3) is 5.88. The molecule has 0 aliphatic carbocycles. The molecule has 1 aromatic carbocycles. The highest BCUT2D eigenvalue weighted by Crippen LogP contribution is 2.36. The van der Waals surface area contributed by atoms with Gasteiger partial charge >= 0.3 is 18.0 Å². The summed E-state index contributed by atoms with van der Waals surface area (Å²) in [6.45, 7) is 7.71. The van der Waals surface area contributed by atoms with Crippen LogP contribution in [0.3, 0.4) is 0 Å². The number of urea groups is 1. The van der Waals surface area contributed by atoms with Crippen LogP contribution in [0.5, 0.6) is 0 Å². The number of nitrogens with one attached hydrogen (secondary N) is 2. The van der Waals surface area contributed by atoms with E-state index in [2.05, 4.69) is 10.6 Å². The standard InChI is InChI=1S/C26H29N3O7S/c1-6-35-24(32)19-14(3)22(16(5)30)37-23(19)28-18(31)13-29-21(17-11-9-8-10-12-17)20(25(33)36-7-2)15(4)27-26(29)34/h8-12,21H,6-7,13H2,1-5H3,(H,27,34)(H,28,31). The Morgan fingerprint density at radius 2 is 1.65 bits per heavy atom. The number of rotatable bonds is 9. The molecule has 3 rings (SSSR count). The summed E-state index contributed by atoms with van der Waals surface area (Å²) < 4.78 is 10.3. The van der Waals surface area contributed by atoms with Crippen molar-refractivity contribution in [2.45, 2.75) is 40.7 Å². The van der Waals surface area contributed by atoms with Crippen molar-refractivity contribution >= 4 is 46.0 Å². The Labute approximate surface area is 218 Å². The molecule has 1 atom stereocenters. The Kier molecular flexibility index (Phi) is 8.82. The van der Waals surface area contributed by atoms with E-state index in [4.69, 9.17) is 9.47 Å². The summed E-state index contributed by atoms with van der Waals surface area (Å²) in [5.41, 5.74) is 1.66. The maximum absolute atomic E-state index is 13.2. The largest absolute Gasteiger partial charge is 0.463 e. The molecular formula is C26H29N3O7S. The number of ketones is 1. The first-order valence-corrected chi connectivity index (χ1v) is 12.5. The summed E-state index contributed by atoms with van der Waals surface area (Å²) >= 11 is 0.964. The Hall–Kier alpha value is -3.99. The van der Waals surface area contributed by atoms with E-state index in [1.165, 1.54) is 11.8 Å². The van der Waals surface area contributed by atoms with Crippen molar-refractivity contribution in [2.75, 3.05) is 25.1 Å². The van der Waals surface area contributed by atoms with E-state index in [9.17, 15) is 24.0 Å². The molecule has 11 heteroatoms. The van der Waals surface area contributed by atoms with Crippen LogP contribution in [0.4, 0.5) is 9.80 Å². The lowest BCUT2D eigenvalue weighted by molar-refractivity contribution is -0.139. The molecule has 0 saturated heterocycles. The maximum atomic E-state index is 13.2. The van der Waals surface area contributed by atoms with Gasteiger partial charge in [0.1, 0.15) is 11.5 Å². The molecule has 2 N–H and O–H groups in total. The van der Waals surface area contributed by atoms with Crippen LogP contribution >= 0.6 is 11.3 Å². The molecule has 1 aliphatic heterocycles. The van der Waals surface area contributed by atoms with Gasteiger partial charge in [-0.05, 0) is 45.7 Å². The number of anilines is 1. The van der Waals surface area contributed by atoms with Crippen LogP contribution in [-0.4, -0.2) is 54.3 Å². The molecular weight excluding hydrogens is 498 g/mol. The van der Waals surface area contributed by atoms with Crippen LogP contribution in [0.15, 0.2) is 41.6 Å².